The highest BCUT2D eigenvalue weighted by Crippen LogP contribution is 2.26. The van der Waals surface area contributed by atoms with Crippen LogP contribution in [0.2, 0.25) is 0 Å². The Kier molecular flexibility index (Phi) is 3.46. The number of hydrogen-bond acceptors (Lipinski definition) is 4. The molecule has 15 heavy (non-hydrogen) atoms. The molecule has 0 aliphatic heterocycles. The predicted molar refractivity (Wildman–Crippen MR) is 64.2 cm³/mol. The molecule has 82 valence electrons. The van der Waals surface area contributed by atoms with Crippen LogP contribution in [0.5, 0.6) is 0 Å². The maximum Gasteiger partial charge on any atom is 0.222 e. The molecule has 1 aromatic heterocycles. The van der Waals surface area contributed by atoms with Crippen molar-refractivity contribution in [3.05, 3.63) is 12.4 Å². The summed E-state index contributed by atoms with van der Waals surface area (Å²) in [7, 11) is 0. The molecule has 2 atom stereocenters. The standard InChI is InChI=1S/C11H17N3S/c1-8-3-4-9(5-8)14-11-12-6-10(15-2)7-13-11/h6-9H,3-5H2,1-2H3,(H,12,13,14)/t8-,9-/m0/s1. The van der Waals surface area contributed by atoms with Crippen LogP contribution < -0.4 is 5.32 Å². The van der Waals surface area contributed by atoms with E-state index in [0.29, 0.717) is 6.04 Å². The van der Waals surface area contributed by atoms with Gasteiger partial charge in [0.15, 0.2) is 0 Å². The lowest BCUT2D eigenvalue weighted by molar-refractivity contribution is 0.601. The fraction of sp³-hybridized carbons (Fsp3) is 0.636. The average Bonchev–Trinajstić information content (AvgIpc) is 2.65. The second-order valence-electron chi connectivity index (χ2n) is 4.21. The normalized spacial score (nSPS) is 25.5. The smallest absolute Gasteiger partial charge is 0.222 e. The summed E-state index contributed by atoms with van der Waals surface area (Å²) >= 11 is 1.67. The Morgan fingerprint density at radius 2 is 2.07 bits per heavy atom. The van der Waals surface area contributed by atoms with Crippen molar-refractivity contribution in [1.29, 1.82) is 0 Å². The summed E-state index contributed by atoms with van der Waals surface area (Å²) in [6.07, 6.45) is 9.59. The number of nitrogens with zero attached hydrogens (tertiary/aromatic N) is 2. The molecule has 0 radical (unpaired) electrons. The van der Waals surface area contributed by atoms with Crippen LogP contribution in [-0.4, -0.2) is 22.3 Å². The molecule has 1 heterocycles. The van der Waals surface area contributed by atoms with Gasteiger partial charge in [-0.1, -0.05) is 6.92 Å². The van der Waals surface area contributed by atoms with E-state index in [2.05, 4.69) is 22.2 Å². The Morgan fingerprint density at radius 3 is 2.60 bits per heavy atom. The molecule has 0 spiro atoms. The average molecular weight is 223 g/mol. The molecule has 0 saturated heterocycles. The molecule has 0 amide bonds. The monoisotopic (exact) mass is 223 g/mol. The van der Waals surface area contributed by atoms with Crippen LogP contribution in [0.25, 0.3) is 0 Å². The van der Waals surface area contributed by atoms with E-state index in [1.54, 1.807) is 11.8 Å². The van der Waals surface area contributed by atoms with Gasteiger partial charge in [-0.2, -0.15) is 0 Å². The van der Waals surface area contributed by atoms with E-state index in [-0.39, 0.29) is 0 Å². The largest absolute Gasteiger partial charge is 0.351 e. The molecule has 3 nitrogen and oxygen atoms in total. The second-order valence-corrected chi connectivity index (χ2v) is 5.09. The minimum Gasteiger partial charge on any atom is -0.351 e. The van der Waals surface area contributed by atoms with Gasteiger partial charge in [-0.15, -0.1) is 11.8 Å². The summed E-state index contributed by atoms with van der Waals surface area (Å²) in [4.78, 5) is 9.70. The third-order valence-electron chi connectivity index (χ3n) is 2.89. The van der Waals surface area contributed by atoms with Gasteiger partial charge in [0.25, 0.3) is 0 Å². The second kappa shape index (κ2) is 4.84. The maximum atomic E-state index is 4.29. The Labute approximate surface area is 95.1 Å². The van der Waals surface area contributed by atoms with Gasteiger partial charge < -0.3 is 5.32 Å². The fourth-order valence-corrected chi connectivity index (χ4v) is 2.33. The molecule has 1 saturated carbocycles. The van der Waals surface area contributed by atoms with Gasteiger partial charge in [0.05, 0.1) is 0 Å². The van der Waals surface area contributed by atoms with Gasteiger partial charge in [-0.05, 0) is 31.4 Å². The lowest BCUT2D eigenvalue weighted by atomic mass is 10.1. The Balaban J connectivity index is 1.93. The van der Waals surface area contributed by atoms with E-state index in [1.165, 1.54) is 19.3 Å². The lowest BCUT2D eigenvalue weighted by Crippen LogP contribution is -2.17. The van der Waals surface area contributed by atoms with Crippen LogP contribution in [0.15, 0.2) is 17.3 Å². The highest BCUT2D eigenvalue weighted by atomic mass is 32.2. The molecule has 0 bridgehead atoms. The summed E-state index contributed by atoms with van der Waals surface area (Å²) in [5, 5.41) is 3.39. The lowest BCUT2D eigenvalue weighted by Gasteiger charge is -2.11. The first kappa shape index (κ1) is 10.7. The Morgan fingerprint density at radius 1 is 1.33 bits per heavy atom. The fourth-order valence-electron chi connectivity index (χ4n) is 2.02. The van der Waals surface area contributed by atoms with Crippen LogP contribution in [0.4, 0.5) is 5.95 Å². The van der Waals surface area contributed by atoms with E-state index in [1.807, 2.05) is 18.6 Å². The van der Waals surface area contributed by atoms with Crippen LogP contribution in [0.3, 0.4) is 0 Å². The number of aromatic nitrogens is 2. The van der Waals surface area contributed by atoms with Crippen molar-refractivity contribution in [1.82, 2.24) is 9.97 Å². The number of anilines is 1. The summed E-state index contributed by atoms with van der Waals surface area (Å²) in [5.41, 5.74) is 0. The molecule has 1 aromatic rings. The first-order valence-corrected chi connectivity index (χ1v) is 6.63. The third kappa shape index (κ3) is 2.84. The van der Waals surface area contributed by atoms with Crippen molar-refractivity contribution in [3.63, 3.8) is 0 Å². The molecule has 1 aliphatic rings. The maximum absolute atomic E-state index is 4.29. The summed E-state index contributed by atoms with van der Waals surface area (Å²) in [6.45, 7) is 2.30. The quantitative estimate of drug-likeness (QED) is 0.800. The molecule has 0 unspecified atom stereocenters. The van der Waals surface area contributed by atoms with Crippen LogP contribution in [-0.2, 0) is 0 Å². The summed E-state index contributed by atoms with van der Waals surface area (Å²) < 4.78 is 0. The van der Waals surface area contributed by atoms with Gasteiger partial charge in [-0.3, -0.25) is 0 Å². The minimum absolute atomic E-state index is 0.570. The molecular formula is C11H17N3S. The van der Waals surface area contributed by atoms with E-state index >= 15 is 0 Å². The van der Waals surface area contributed by atoms with E-state index in [4.69, 9.17) is 0 Å². The highest BCUT2D eigenvalue weighted by Gasteiger charge is 2.21. The van der Waals surface area contributed by atoms with Gasteiger partial charge in [-0.25, -0.2) is 9.97 Å². The number of rotatable bonds is 3. The zero-order valence-corrected chi connectivity index (χ0v) is 10.0. The first-order valence-electron chi connectivity index (χ1n) is 5.40. The molecular weight excluding hydrogens is 206 g/mol. The van der Waals surface area contributed by atoms with Crippen molar-refractivity contribution >= 4 is 17.7 Å². The van der Waals surface area contributed by atoms with E-state index < -0.39 is 0 Å². The number of thioether (sulfide) groups is 1. The highest BCUT2D eigenvalue weighted by molar-refractivity contribution is 7.98. The van der Waals surface area contributed by atoms with Gasteiger partial charge >= 0.3 is 0 Å². The third-order valence-corrected chi connectivity index (χ3v) is 3.57. The zero-order chi connectivity index (χ0) is 10.7. The number of nitrogens with one attached hydrogen (secondary N) is 1. The van der Waals surface area contributed by atoms with Gasteiger partial charge in [0, 0.05) is 23.3 Å². The molecule has 4 heteroatoms. The SMILES string of the molecule is CSc1cnc(N[C@H]2CC[C@H](C)C2)nc1. The molecule has 1 aliphatic carbocycles. The van der Waals surface area contributed by atoms with Crippen molar-refractivity contribution in [2.24, 2.45) is 5.92 Å². The topological polar surface area (TPSA) is 37.8 Å². The van der Waals surface area contributed by atoms with Crippen molar-refractivity contribution in [2.75, 3.05) is 11.6 Å². The first-order chi connectivity index (χ1) is 7.28. The summed E-state index contributed by atoms with van der Waals surface area (Å²) in [6, 6.07) is 0.570. The minimum atomic E-state index is 0.570. The van der Waals surface area contributed by atoms with Crippen molar-refractivity contribution in [3.8, 4) is 0 Å². The van der Waals surface area contributed by atoms with Gasteiger partial charge in [0.1, 0.15) is 0 Å². The molecule has 1 N–H and O–H groups in total. The van der Waals surface area contributed by atoms with Crippen molar-refractivity contribution < 1.29 is 0 Å². The van der Waals surface area contributed by atoms with Crippen LogP contribution >= 0.6 is 11.8 Å². The molecule has 0 aromatic carbocycles. The van der Waals surface area contributed by atoms with E-state index in [0.717, 1.165) is 16.8 Å². The van der Waals surface area contributed by atoms with Crippen LogP contribution in [0, 0.1) is 5.92 Å². The van der Waals surface area contributed by atoms with Gasteiger partial charge in [0.2, 0.25) is 5.95 Å². The van der Waals surface area contributed by atoms with Crippen molar-refractivity contribution in [2.45, 2.75) is 37.1 Å². The van der Waals surface area contributed by atoms with E-state index in [9.17, 15) is 0 Å². The van der Waals surface area contributed by atoms with Crippen LogP contribution in [0.1, 0.15) is 26.2 Å². The predicted octanol–water partition coefficient (Wildman–Crippen LogP) is 2.80. The summed E-state index contributed by atoms with van der Waals surface area (Å²) in [5.74, 6) is 1.61. The molecule has 2 rings (SSSR count). The number of hydrogen-bond donors (Lipinski definition) is 1. The Bertz CT molecular complexity index is 312. The molecule has 1 fully saturated rings. The zero-order valence-electron chi connectivity index (χ0n) is 9.23. The Hall–Kier alpha value is -0.770.